The zero-order valence-electron chi connectivity index (χ0n) is 14.5. The molecule has 4 aromatic rings. The molecular formula is C20H19N5O. The summed E-state index contributed by atoms with van der Waals surface area (Å²) in [5.41, 5.74) is 11.0. The molecule has 2 N–H and O–H groups in total. The first-order chi connectivity index (χ1) is 12.7. The number of aromatic nitrogens is 4. The molecule has 0 saturated heterocycles. The lowest BCUT2D eigenvalue weighted by molar-refractivity contribution is 0.425. The van der Waals surface area contributed by atoms with Crippen molar-refractivity contribution in [3.8, 4) is 11.3 Å². The fourth-order valence-electron chi connectivity index (χ4n) is 2.90. The minimum Gasteiger partial charge on any atom is -0.383 e. The molecule has 0 aliphatic carbocycles. The van der Waals surface area contributed by atoms with E-state index in [9.17, 15) is 0 Å². The van der Waals surface area contributed by atoms with Crippen molar-refractivity contribution in [2.45, 2.75) is 12.8 Å². The number of hydrogen-bond donors (Lipinski definition) is 1. The summed E-state index contributed by atoms with van der Waals surface area (Å²) >= 11 is 0. The van der Waals surface area contributed by atoms with Crippen LogP contribution in [0.25, 0.3) is 11.3 Å². The van der Waals surface area contributed by atoms with Crippen molar-refractivity contribution in [2.24, 2.45) is 7.05 Å². The van der Waals surface area contributed by atoms with E-state index in [0.29, 0.717) is 18.0 Å². The molecule has 0 bridgehead atoms. The highest BCUT2D eigenvalue weighted by atomic mass is 16.5. The number of pyridine rings is 1. The molecule has 26 heavy (non-hydrogen) atoms. The predicted molar refractivity (Wildman–Crippen MR) is 99.4 cm³/mol. The molecule has 3 aromatic heterocycles. The standard InChI is InChI=1S/C20H19N5O/c1-25-10-8-16(23-25)11-14-4-6-15(7-5-14)12-17-13-19(26-24-17)18-3-2-9-22-20(18)21/h2-10,13H,11-12H2,1H3,(H2,21,22). The normalized spacial score (nSPS) is 11.0. The van der Waals surface area contributed by atoms with E-state index in [-0.39, 0.29) is 0 Å². The van der Waals surface area contributed by atoms with Gasteiger partial charge in [-0.1, -0.05) is 29.4 Å². The average Bonchev–Trinajstić information content (AvgIpc) is 3.26. The highest BCUT2D eigenvalue weighted by Crippen LogP contribution is 2.25. The smallest absolute Gasteiger partial charge is 0.170 e. The summed E-state index contributed by atoms with van der Waals surface area (Å²) in [6, 6.07) is 16.1. The van der Waals surface area contributed by atoms with Gasteiger partial charge < -0.3 is 10.3 Å². The molecule has 0 amide bonds. The van der Waals surface area contributed by atoms with Crippen LogP contribution in [0.15, 0.2) is 65.4 Å². The first kappa shape index (κ1) is 16.1. The second kappa shape index (κ2) is 6.84. The zero-order valence-corrected chi connectivity index (χ0v) is 14.5. The maximum absolute atomic E-state index is 5.89. The second-order valence-electron chi connectivity index (χ2n) is 6.27. The molecule has 0 aliphatic rings. The van der Waals surface area contributed by atoms with Gasteiger partial charge >= 0.3 is 0 Å². The highest BCUT2D eigenvalue weighted by molar-refractivity contribution is 5.69. The molecule has 0 radical (unpaired) electrons. The number of benzene rings is 1. The van der Waals surface area contributed by atoms with Crippen LogP contribution in [0.5, 0.6) is 0 Å². The van der Waals surface area contributed by atoms with E-state index in [4.69, 9.17) is 10.3 Å². The van der Waals surface area contributed by atoms with Crippen molar-refractivity contribution in [3.63, 3.8) is 0 Å². The third-order valence-electron chi connectivity index (χ3n) is 4.23. The largest absolute Gasteiger partial charge is 0.383 e. The third kappa shape index (κ3) is 3.49. The summed E-state index contributed by atoms with van der Waals surface area (Å²) in [5, 5.41) is 8.56. The van der Waals surface area contributed by atoms with Crippen molar-refractivity contribution in [2.75, 3.05) is 5.73 Å². The summed E-state index contributed by atoms with van der Waals surface area (Å²) in [4.78, 5) is 4.08. The van der Waals surface area contributed by atoms with Gasteiger partial charge in [0.2, 0.25) is 0 Å². The Balaban J connectivity index is 1.45. The van der Waals surface area contributed by atoms with Crippen LogP contribution in [-0.2, 0) is 19.9 Å². The van der Waals surface area contributed by atoms with Crippen LogP contribution in [0.4, 0.5) is 5.82 Å². The number of nitrogens with zero attached hydrogens (tertiary/aromatic N) is 4. The topological polar surface area (TPSA) is 82.8 Å². The van der Waals surface area contributed by atoms with Crippen molar-refractivity contribution >= 4 is 5.82 Å². The molecular weight excluding hydrogens is 326 g/mol. The molecule has 3 heterocycles. The number of nitrogen functional groups attached to an aromatic ring is 1. The number of nitrogens with two attached hydrogens (primary N) is 1. The van der Waals surface area contributed by atoms with Gasteiger partial charge in [-0.15, -0.1) is 0 Å². The third-order valence-corrected chi connectivity index (χ3v) is 4.23. The Morgan fingerprint density at radius 1 is 1.00 bits per heavy atom. The Hall–Kier alpha value is -3.41. The van der Waals surface area contributed by atoms with Crippen molar-refractivity contribution in [3.05, 3.63) is 83.4 Å². The van der Waals surface area contributed by atoms with E-state index in [0.717, 1.165) is 23.4 Å². The quantitative estimate of drug-likeness (QED) is 0.600. The van der Waals surface area contributed by atoms with Gasteiger partial charge in [-0.3, -0.25) is 4.68 Å². The Kier molecular flexibility index (Phi) is 4.23. The van der Waals surface area contributed by atoms with Crippen molar-refractivity contribution in [1.29, 1.82) is 0 Å². The predicted octanol–water partition coefficient (Wildman–Crippen LogP) is 3.23. The maximum atomic E-state index is 5.89. The molecule has 0 atom stereocenters. The van der Waals surface area contributed by atoms with Crippen LogP contribution in [0.3, 0.4) is 0 Å². The van der Waals surface area contributed by atoms with E-state index >= 15 is 0 Å². The lowest BCUT2D eigenvalue weighted by atomic mass is 10.0. The van der Waals surface area contributed by atoms with E-state index in [1.165, 1.54) is 11.1 Å². The van der Waals surface area contributed by atoms with Crippen LogP contribution in [0.1, 0.15) is 22.5 Å². The van der Waals surface area contributed by atoms with Gasteiger partial charge in [-0.05, 0) is 29.3 Å². The van der Waals surface area contributed by atoms with Gasteiger partial charge in [0.1, 0.15) is 5.82 Å². The minimum absolute atomic E-state index is 0.439. The van der Waals surface area contributed by atoms with Crippen LogP contribution >= 0.6 is 0 Å². The molecule has 0 fully saturated rings. The summed E-state index contributed by atoms with van der Waals surface area (Å²) in [6.45, 7) is 0. The number of aryl methyl sites for hydroxylation is 1. The van der Waals surface area contributed by atoms with Crippen LogP contribution in [0.2, 0.25) is 0 Å². The number of anilines is 1. The highest BCUT2D eigenvalue weighted by Gasteiger charge is 2.10. The van der Waals surface area contributed by atoms with E-state index in [1.54, 1.807) is 6.20 Å². The summed E-state index contributed by atoms with van der Waals surface area (Å²) in [5.74, 6) is 1.08. The Labute approximate surface area is 151 Å². The lowest BCUT2D eigenvalue weighted by Gasteiger charge is -2.01. The fourth-order valence-corrected chi connectivity index (χ4v) is 2.90. The van der Waals surface area contributed by atoms with Gasteiger partial charge in [0, 0.05) is 38.3 Å². The van der Waals surface area contributed by atoms with Gasteiger partial charge in [-0.25, -0.2) is 4.98 Å². The minimum atomic E-state index is 0.439. The van der Waals surface area contributed by atoms with Crippen molar-refractivity contribution < 1.29 is 4.52 Å². The second-order valence-corrected chi connectivity index (χ2v) is 6.27. The molecule has 130 valence electrons. The van der Waals surface area contributed by atoms with Gasteiger partial charge in [-0.2, -0.15) is 5.10 Å². The molecule has 6 nitrogen and oxygen atoms in total. The molecule has 0 unspecified atom stereocenters. The van der Waals surface area contributed by atoms with Gasteiger partial charge in [0.05, 0.1) is 17.0 Å². The monoisotopic (exact) mass is 345 g/mol. The molecule has 0 aliphatic heterocycles. The average molecular weight is 345 g/mol. The Bertz CT molecular complexity index is 1020. The number of rotatable bonds is 5. The Morgan fingerprint density at radius 2 is 1.73 bits per heavy atom. The van der Waals surface area contributed by atoms with Crippen LogP contribution in [0, 0.1) is 0 Å². The zero-order chi connectivity index (χ0) is 17.9. The Morgan fingerprint density at radius 3 is 2.38 bits per heavy atom. The maximum Gasteiger partial charge on any atom is 0.170 e. The van der Waals surface area contributed by atoms with Crippen LogP contribution in [-0.4, -0.2) is 19.9 Å². The lowest BCUT2D eigenvalue weighted by Crippen LogP contribution is -1.94. The first-order valence-corrected chi connectivity index (χ1v) is 8.40. The summed E-state index contributed by atoms with van der Waals surface area (Å²) in [6.07, 6.45) is 5.15. The van der Waals surface area contributed by atoms with Gasteiger partial charge in [0.25, 0.3) is 0 Å². The summed E-state index contributed by atoms with van der Waals surface area (Å²) < 4.78 is 7.25. The molecule has 1 aromatic carbocycles. The van der Waals surface area contributed by atoms with Gasteiger partial charge in [0.15, 0.2) is 5.76 Å². The molecule has 0 saturated carbocycles. The fraction of sp³-hybridized carbons (Fsp3) is 0.150. The van der Waals surface area contributed by atoms with Crippen molar-refractivity contribution in [1.82, 2.24) is 19.9 Å². The molecule has 4 rings (SSSR count). The van der Waals surface area contributed by atoms with E-state index in [2.05, 4.69) is 39.5 Å². The van der Waals surface area contributed by atoms with E-state index < -0.39 is 0 Å². The van der Waals surface area contributed by atoms with E-state index in [1.807, 2.05) is 42.2 Å². The molecule has 0 spiro atoms. The SMILES string of the molecule is Cn1ccc(Cc2ccc(Cc3cc(-c4cccnc4N)on3)cc2)n1. The summed E-state index contributed by atoms with van der Waals surface area (Å²) in [7, 11) is 1.93. The van der Waals surface area contributed by atoms with Crippen LogP contribution < -0.4 is 5.73 Å². The molecule has 6 heteroatoms. The first-order valence-electron chi connectivity index (χ1n) is 8.40. The number of hydrogen-bond acceptors (Lipinski definition) is 5.